The van der Waals surface area contributed by atoms with E-state index in [1.807, 2.05) is 61.5 Å². The van der Waals surface area contributed by atoms with Gasteiger partial charge >= 0.3 is 0 Å². The molecular weight excluding hydrogens is 288 g/mol. The summed E-state index contributed by atoms with van der Waals surface area (Å²) in [6.45, 7) is 3.14. The Morgan fingerprint density at radius 3 is 2.57 bits per heavy atom. The number of carbonyl (C=O) groups is 1. The number of carbonyl (C=O) groups excluding carboxylic acids is 1. The zero-order chi connectivity index (χ0) is 16.5. The van der Waals surface area contributed by atoms with E-state index in [0.717, 1.165) is 23.3 Å². The molecule has 0 heterocycles. The highest BCUT2D eigenvalue weighted by Crippen LogP contribution is 2.15. The summed E-state index contributed by atoms with van der Waals surface area (Å²) in [5.74, 6) is 0.768. The highest BCUT2D eigenvalue weighted by molar-refractivity contribution is 5.81. The molecule has 0 spiro atoms. The third-order valence-electron chi connectivity index (χ3n) is 3.61. The average Bonchev–Trinajstić information content (AvgIpc) is 2.57. The quantitative estimate of drug-likeness (QED) is 0.736. The van der Waals surface area contributed by atoms with Gasteiger partial charge in [0.25, 0.3) is 0 Å². The predicted molar refractivity (Wildman–Crippen MR) is 92.4 cm³/mol. The number of nitrogens with two attached hydrogens (primary N) is 1. The number of amides is 1. The van der Waals surface area contributed by atoms with Crippen LogP contribution in [0.4, 0.5) is 0 Å². The molecule has 0 saturated heterocycles. The van der Waals surface area contributed by atoms with Crippen LogP contribution < -0.4 is 15.8 Å². The van der Waals surface area contributed by atoms with Crippen LogP contribution in [0.25, 0.3) is 0 Å². The number of nitrogens with one attached hydrogen (secondary N) is 1. The Kier molecular flexibility index (Phi) is 6.63. The van der Waals surface area contributed by atoms with Gasteiger partial charge in [0.15, 0.2) is 0 Å². The lowest BCUT2D eigenvalue weighted by atomic mass is 10.1. The predicted octanol–water partition coefficient (Wildman–Crippen LogP) is 2.45. The van der Waals surface area contributed by atoms with Crippen LogP contribution in [0.1, 0.15) is 17.5 Å². The van der Waals surface area contributed by atoms with Crippen LogP contribution >= 0.6 is 0 Å². The summed E-state index contributed by atoms with van der Waals surface area (Å²) in [6, 6.07) is 17.2. The molecule has 0 aromatic heterocycles. The van der Waals surface area contributed by atoms with Gasteiger partial charge in [0.05, 0.1) is 12.6 Å². The van der Waals surface area contributed by atoms with Gasteiger partial charge in [-0.2, -0.15) is 0 Å². The van der Waals surface area contributed by atoms with Gasteiger partial charge < -0.3 is 15.8 Å². The minimum atomic E-state index is -0.519. The van der Waals surface area contributed by atoms with E-state index in [0.29, 0.717) is 19.6 Å². The fourth-order valence-electron chi connectivity index (χ4n) is 2.28. The Hall–Kier alpha value is -2.33. The van der Waals surface area contributed by atoms with Gasteiger partial charge in [-0.1, -0.05) is 48.5 Å². The second kappa shape index (κ2) is 8.96. The molecule has 0 aliphatic carbocycles. The number of para-hydroxylation sites is 1. The molecule has 122 valence electrons. The molecule has 2 aromatic carbocycles. The number of rotatable bonds is 8. The van der Waals surface area contributed by atoms with Crippen molar-refractivity contribution in [2.24, 2.45) is 5.73 Å². The zero-order valence-corrected chi connectivity index (χ0v) is 13.5. The maximum atomic E-state index is 12.0. The van der Waals surface area contributed by atoms with Gasteiger partial charge in [-0.05, 0) is 37.0 Å². The van der Waals surface area contributed by atoms with E-state index in [4.69, 9.17) is 10.5 Å². The van der Waals surface area contributed by atoms with Crippen LogP contribution in [0.15, 0.2) is 54.6 Å². The summed E-state index contributed by atoms with van der Waals surface area (Å²) >= 11 is 0. The van der Waals surface area contributed by atoms with Crippen molar-refractivity contribution >= 4 is 5.91 Å². The molecule has 2 rings (SSSR count). The molecule has 4 nitrogen and oxygen atoms in total. The maximum absolute atomic E-state index is 12.0. The molecule has 2 aromatic rings. The van der Waals surface area contributed by atoms with Crippen LogP contribution in [-0.4, -0.2) is 25.1 Å². The fourth-order valence-corrected chi connectivity index (χ4v) is 2.28. The molecule has 3 N–H and O–H groups in total. The molecule has 0 unspecified atom stereocenters. The van der Waals surface area contributed by atoms with Crippen molar-refractivity contribution in [3.05, 3.63) is 65.7 Å². The fraction of sp³-hybridized carbons (Fsp3) is 0.316. The second-order valence-corrected chi connectivity index (χ2v) is 5.55. The molecule has 1 amide bonds. The van der Waals surface area contributed by atoms with Crippen LogP contribution in [0.3, 0.4) is 0 Å². The summed E-state index contributed by atoms with van der Waals surface area (Å²) in [6.07, 6.45) is 1.30. The highest BCUT2D eigenvalue weighted by Gasteiger charge is 2.13. The van der Waals surface area contributed by atoms with Crippen molar-refractivity contribution in [3.8, 4) is 5.75 Å². The lowest BCUT2D eigenvalue weighted by molar-refractivity contribution is -0.122. The monoisotopic (exact) mass is 312 g/mol. The van der Waals surface area contributed by atoms with Crippen LogP contribution in [0.5, 0.6) is 5.75 Å². The standard InChI is InChI=1S/C19H24N2O2/c1-15-8-5-6-11-18(15)23-13-7-12-21-19(22)17(20)14-16-9-3-2-4-10-16/h2-6,8-11,17H,7,12-14,20H2,1H3,(H,21,22)/t17-/m0/s1. The second-order valence-electron chi connectivity index (χ2n) is 5.55. The van der Waals surface area contributed by atoms with Crippen molar-refractivity contribution in [1.29, 1.82) is 0 Å². The lowest BCUT2D eigenvalue weighted by Gasteiger charge is -2.13. The van der Waals surface area contributed by atoms with Gasteiger partial charge in [-0.25, -0.2) is 0 Å². The Morgan fingerprint density at radius 1 is 1.13 bits per heavy atom. The van der Waals surface area contributed by atoms with Crippen molar-refractivity contribution in [2.45, 2.75) is 25.8 Å². The third-order valence-corrected chi connectivity index (χ3v) is 3.61. The zero-order valence-electron chi connectivity index (χ0n) is 13.5. The molecule has 0 aliphatic heterocycles. The minimum absolute atomic E-state index is 0.121. The molecule has 1 atom stereocenters. The van der Waals surface area contributed by atoms with Gasteiger partial charge in [0, 0.05) is 6.54 Å². The van der Waals surface area contributed by atoms with Crippen LogP contribution in [-0.2, 0) is 11.2 Å². The average molecular weight is 312 g/mol. The first-order chi connectivity index (χ1) is 11.2. The number of benzene rings is 2. The molecule has 0 radical (unpaired) electrons. The first kappa shape index (κ1) is 17.0. The first-order valence-electron chi connectivity index (χ1n) is 7.92. The van der Waals surface area contributed by atoms with Crippen molar-refractivity contribution in [3.63, 3.8) is 0 Å². The SMILES string of the molecule is Cc1ccccc1OCCCNC(=O)[C@@H](N)Cc1ccccc1. The van der Waals surface area contributed by atoms with E-state index in [-0.39, 0.29) is 5.91 Å². The van der Waals surface area contributed by atoms with E-state index in [9.17, 15) is 4.79 Å². The summed E-state index contributed by atoms with van der Waals surface area (Å²) in [5, 5.41) is 2.86. The summed E-state index contributed by atoms with van der Waals surface area (Å²) < 4.78 is 5.69. The first-order valence-corrected chi connectivity index (χ1v) is 7.92. The van der Waals surface area contributed by atoms with Crippen molar-refractivity contribution in [1.82, 2.24) is 5.32 Å². The number of aryl methyl sites for hydroxylation is 1. The van der Waals surface area contributed by atoms with E-state index in [2.05, 4.69) is 5.32 Å². The highest BCUT2D eigenvalue weighted by atomic mass is 16.5. The smallest absolute Gasteiger partial charge is 0.237 e. The van der Waals surface area contributed by atoms with E-state index in [1.54, 1.807) is 0 Å². The van der Waals surface area contributed by atoms with Gasteiger partial charge in [0.1, 0.15) is 5.75 Å². The minimum Gasteiger partial charge on any atom is -0.493 e. The normalized spacial score (nSPS) is 11.7. The third kappa shape index (κ3) is 5.75. The number of ether oxygens (including phenoxy) is 1. The van der Waals surface area contributed by atoms with Crippen LogP contribution in [0, 0.1) is 6.92 Å². The number of hydrogen-bond acceptors (Lipinski definition) is 3. The summed E-state index contributed by atoms with van der Waals surface area (Å²) in [4.78, 5) is 12.0. The van der Waals surface area contributed by atoms with E-state index >= 15 is 0 Å². The molecule has 0 saturated carbocycles. The maximum Gasteiger partial charge on any atom is 0.237 e. The van der Waals surface area contributed by atoms with E-state index < -0.39 is 6.04 Å². The molecule has 0 fully saturated rings. The molecule has 0 bridgehead atoms. The Labute approximate surface area is 137 Å². The van der Waals surface area contributed by atoms with Crippen molar-refractivity contribution < 1.29 is 9.53 Å². The van der Waals surface area contributed by atoms with Gasteiger partial charge in [0.2, 0.25) is 5.91 Å². The van der Waals surface area contributed by atoms with Gasteiger partial charge in [-0.3, -0.25) is 4.79 Å². The lowest BCUT2D eigenvalue weighted by Crippen LogP contribution is -2.42. The summed E-state index contributed by atoms with van der Waals surface area (Å²) in [7, 11) is 0. The Bertz CT molecular complexity index is 614. The Balaban J connectivity index is 1.64. The molecular formula is C19H24N2O2. The van der Waals surface area contributed by atoms with Gasteiger partial charge in [-0.15, -0.1) is 0 Å². The van der Waals surface area contributed by atoms with E-state index in [1.165, 1.54) is 0 Å². The largest absolute Gasteiger partial charge is 0.493 e. The molecule has 4 heteroatoms. The Morgan fingerprint density at radius 2 is 1.83 bits per heavy atom. The summed E-state index contributed by atoms with van der Waals surface area (Å²) in [5.41, 5.74) is 8.11. The molecule has 23 heavy (non-hydrogen) atoms. The molecule has 0 aliphatic rings. The number of hydrogen-bond donors (Lipinski definition) is 2. The topological polar surface area (TPSA) is 64.3 Å². The van der Waals surface area contributed by atoms with Crippen LogP contribution in [0.2, 0.25) is 0 Å². The van der Waals surface area contributed by atoms with Crippen molar-refractivity contribution in [2.75, 3.05) is 13.2 Å².